The van der Waals surface area contributed by atoms with Crippen LogP contribution in [0.25, 0.3) is 0 Å². The molecule has 8 heteroatoms. The van der Waals surface area contributed by atoms with Gasteiger partial charge in [-0.15, -0.1) is 0 Å². The molecular formula is C20H21NO6S. The third kappa shape index (κ3) is 3.87. The maximum Gasteiger partial charge on any atom is 0.339 e. The minimum Gasteiger partial charge on any atom is -0.465 e. The quantitative estimate of drug-likeness (QED) is 0.771. The number of hydrogen-bond donors (Lipinski definition) is 1. The van der Waals surface area contributed by atoms with Gasteiger partial charge in [-0.1, -0.05) is 12.1 Å². The number of nitrogens with one attached hydrogen (secondary N) is 1. The Kier molecular flexibility index (Phi) is 5.69. The molecule has 3 rings (SSSR count). The van der Waals surface area contributed by atoms with Crippen LogP contribution in [0.5, 0.6) is 0 Å². The molecule has 0 atom stereocenters. The topological polar surface area (TPSA) is 98.8 Å². The molecule has 0 saturated heterocycles. The van der Waals surface area contributed by atoms with E-state index in [4.69, 9.17) is 4.74 Å². The number of anilines is 1. The second kappa shape index (κ2) is 8.02. The van der Waals surface area contributed by atoms with E-state index in [9.17, 15) is 18.0 Å². The van der Waals surface area contributed by atoms with Crippen molar-refractivity contribution in [2.24, 2.45) is 0 Å². The first-order valence-electron chi connectivity index (χ1n) is 8.81. The van der Waals surface area contributed by atoms with Gasteiger partial charge in [-0.05, 0) is 61.1 Å². The van der Waals surface area contributed by atoms with Gasteiger partial charge >= 0.3 is 11.9 Å². The highest BCUT2D eigenvalue weighted by molar-refractivity contribution is 7.92. The Balaban J connectivity index is 2.08. The summed E-state index contributed by atoms with van der Waals surface area (Å²) >= 11 is 0. The van der Waals surface area contributed by atoms with Crippen molar-refractivity contribution in [2.45, 2.75) is 30.6 Å². The van der Waals surface area contributed by atoms with Gasteiger partial charge in [0.2, 0.25) is 0 Å². The molecule has 0 fully saturated rings. The van der Waals surface area contributed by atoms with Crippen LogP contribution in [0.2, 0.25) is 0 Å². The highest BCUT2D eigenvalue weighted by atomic mass is 32.2. The van der Waals surface area contributed by atoms with E-state index in [0.29, 0.717) is 5.69 Å². The molecule has 28 heavy (non-hydrogen) atoms. The minimum absolute atomic E-state index is 0.0191. The third-order valence-electron chi connectivity index (χ3n) is 4.74. The lowest BCUT2D eigenvalue weighted by molar-refractivity contribution is 0.0583. The first-order valence-corrected chi connectivity index (χ1v) is 10.3. The van der Waals surface area contributed by atoms with Crippen molar-refractivity contribution in [3.63, 3.8) is 0 Å². The maximum absolute atomic E-state index is 13.1. The van der Waals surface area contributed by atoms with E-state index >= 15 is 0 Å². The van der Waals surface area contributed by atoms with Gasteiger partial charge in [0.1, 0.15) is 4.90 Å². The van der Waals surface area contributed by atoms with Crippen LogP contribution in [-0.4, -0.2) is 34.6 Å². The first-order chi connectivity index (χ1) is 13.4. The van der Waals surface area contributed by atoms with Crippen LogP contribution in [-0.2, 0) is 32.3 Å². The normalized spacial score (nSPS) is 13.4. The molecule has 0 unspecified atom stereocenters. The molecule has 7 nitrogen and oxygen atoms in total. The number of rotatable bonds is 5. The number of sulfonamides is 1. The molecular weight excluding hydrogens is 382 g/mol. The smallest absolute Gasteiger partial charge is 0.339 e. The summed E-state index contributed by atoms with van der Waals surface area (Å²) in [5, 5.41) is 0. The molecule has 148 valence electrons. The Hall–Kier alpha value is -2.87. The zero-order valence-corrected chi connectivity index (χ0v) is 16.5. The lowest BCUT2D eigenvalue weighted by atomic mass is 9.91. The number of carbonyl (C=O) groups is 2. The Morgan fingerprint density at radius 1 is 0.964 bits per heavy atom. The van der Waals surface area contributed by atoms with E-state index < -0.39 is 22.0 Å². The summed E-state index contributed by atoms with van der Waals surface area (Å²) < 4.78 is 38.2. The number of esters is 2. The second-order valence-corrected chi connectivity index (χ2v) is 8.10. The lowest BCUT2D eigenvalue weighted by Crippen LogP contribution is -2.20. The van der Waals surface area contributed by atoms with Gasteiger partial charge in [-0.3, -0.25) is 4.72 Å². The molecule has 2 aromatic carbocycles. The molecule has 1 aliphatic carbocycles. The van der Waals surface area contributed by atoms with Crippen molar-refractivity contribution in [3.05, 3.63) is 58.7 Å². The van der Waals surface area contributed by atoms with Crippen LogP contribution < -0.4 is 4.72 Å². The number of hydrogen-bond acceptors (Lipinski definition) is 6. The number of benzene rings is 2. The molecule has 1 aliphatic rings. The van der Waals surface area contributed by atoms with Crippen molar-refractivity contribution >= 4 is 27.6 Å². The van der Waals surface area contributed by atoms with E-state index in [1.54, 1.807) is 12.1 Å². The summed E-state index contributed by atoms with van der Waals surface area (Å²) in [4.78, 5) is 23.6. The predicted molar refractivity (Wildman–Crippen MR) is 103 cm³/mol. The van der Waals surface area contributed by atoms with E-state index in [1.807, 2.05) is 6.07 Å². The summed E-state index contributed by atoms with van der Waals surface area (Å²) in [7, 11) is -1.80. The van der Waals surface area contributed by atoms with Crippen LogP contribution in [0.1, 0.15) is 44.7 Å². The average Bonchev–Trinajstić information content (AvgIpc) is 2.72. The zero-order valence-electron chi connectivity index (χ0n) is 15.7. The minimum atomic E-state index is -4.16. The number of carbonyl (C=O) groups excluding carboxylic acids is 2. The van der Waals surface area contributed by atoms with Crippen molar-refractivity contribution < 1.29 is 27.5 Å². The molecule has 0 heterocycles. The molecule has 0 aliphatic heterocycles. The predicted octanol–water partition coefficient (Wildman–Crippen LogP) is 2.94. The summed E-state index contributed by atoms with van der Waals surface area (Å²) in [5.74, 6) is -1.52. The summed E-state index contributed by atoms with van der Waals surface area (Å²) in [6.07, 6.45) is 3.73. The van der Waals surface area contributed by atoms with Crippen LogP contribution in [0.15, 0.2) is 41.3 Å². The largest absolute Gasteiger partial charge is 0.465 e. The monoisotopic (exact) mass is 403 g/mol. The van der Waals surface area contributed by atoms with Crippen LogP contribution in [0, 0.1) is 0 Å². The number of fused-ring (bicyclic) bond motifs is 1. The Bertz CT molecular complexity index is 1030. The number of aryl methyl sites for hydroxylation is 1. The van der Waals surface area contributed by atoms with E-state index in [1.165, 1.54) is 19.2 Å². The standard InChI is InChI=1S/C20H21NO6S/c1-26-19(22)14-10-11-16(20(23)27-2)18(12-14)28(24,25)21-17-9-5-7-13-6-3-4-8-15(13)17/h5,7,9-12,21H,3-4,6,8H2,1-2H3. The van der Waals surface area contributed by atoms with Crippen molar-refractivity contribution in [1.82, 2.24) is 0 Å². The molecule has 2 aromatic rings. The zero-order chi connectivity index (χ0) is 20.3. The van der Waals surface area contributed by atoms with Gasteiger partial charge in [-0.2, -0.15) is 0 Å². The molecule has 0 spiro atoms. The fraction of sp³-hybridized carbons (Fsp3) is 0.300. The number of methoxy groups -OCH3 is 2. The van der Waals surface area contributed by atoms with Crippen molar-refractivity contribution in [1.29, 1.82) is 0 Å². The summed E-state index contributed by atoms with van der Waals surface area (Å²) in [6, 6.07) is 9.17. The molecule has 0 bridgehead atoms. The van der Waals surface area contributed by atoms with Crippen molar-refractivity contribution in [2.75, 3.05) is 18.9 Å². The van der Waals surface area contributed by atoms with E-state index in [-0.39, 0.29) is 16.0 Å². The third-order valence-corrected chi connectivity index (χ3v) is 6.14. The maximum atomic E-state index is 13.1. The van der Waals surface area contributed by atoms with Crippen LogP contribution in [0.3, 0.4) is 0 Å². The molecule has 1 N–H and O–H groups in total. The van der Waals surface area contributed by atoms with E-state index in [2.05, 4.69) is 9.46 Å². The second-order valence-electron chi connectivity index (χ2n) is 6.45. The van der Waals surface area contributed by atoms with Crippen LogP contribution >= 0.6 is 0 Å². The Morgan fingerprint density at radius 3 is 2.39 bits per heavy atom. The highest BCUT2D eigenvalue weighted by Gasteiger charge is 2.26. The molecule has 0 radical (unpaired) electrons. The fourth-order valence-electron chi connectivity index (χ4n) is 3.34. The van der Waals surface area contributed by atoms with Crippen LogP contribution in [0.4, 0.5) is 5.69 Å². The molecule has 0 amide bonds. The number of ether oxygens (including phenoxy) is 2. The average molecular weight is 403 g/mol. The molecule has 0 saturated carbocycles. The lowest BCUT2D eigenvalue weighted by Gasteiger charge is -2.20. The Morgan fingerprint density at radius 2 is 1.68 bits per heavy atom. The SMILES string of the molecule is COC(=O)c1ccc(C(=O)OC)c(S(=O)(=O)Nc2cccc3c2CCCC3)c1. The summed E-state index contributed by atoms with van der Waals surface area (Å²) in [6.45, 7) is 0. The fourth-order valence-corrected chi connectivity index (χ4v) is 4.66. The van der Waals surface area contributed by atoms with Gasteiger partial charge in [0.15, 0.2) is 0 Å². The Labute approximate surface area is 163 Å². The van der Waals surface area contributed by atoms with Gasteiger partial charge in [0, 0.05) is 0 Å². The molecule has 0 aromatic heterocycles. The van der Waals surface area contributed by atoms with Gasteiger partial charge in [0.25, 0.3) is 10.0 Å². The van der Waals surface area contributed by atoms with Gasteiger partial charge < -0.3 is 9.47 Å². The summed E-state index contributed by atoms with van der Waals surface area (Å²) in [5.41, 5.74) is 2.42. The van der Waals surface area contributed by atoms with E-state index in [0.717, 1.165) is 50.0 Å². The van der Waals surface area contributed by atoms with Gasteiger partial charge in [-0.25, -0.2) is 18.0 Å². The van der Waals surface area contributed by atoms with Crippen molar-refractivity contribution in [3.8, 4) is 0 Å². The first kappa shape index (κ1) is 19.9. The highest BCUT2D eigenvalue weighted by Crippen LogP contribution is 2.30. The van der Waals surface area contributed by atoms with Gasteiger partial charge in [0.05, 0.1) is 31.0 Å².